The van der Waals surface area contributed by atoms with Crippen molar-refractivity contribution in [3.63, 3.8) is 0 Å². The number of nitrogens with zero attached hydrogens (tertiary/aromatic N) is 2. The number of aliphatic hydroxyl groups is 2. The normalized spacial score (nSPS) is 25.0. The Hall–Kier alpha value is -6.32. The lowest BCUT2D eigenvalue weighted by molar-refractivity contribution is -0.178. The van der Waals surface area contributed by atoms with Crippen molar-refractivity contribution < 1.29 is 34.1 Å². The van der Waals surface area contributed by atoms with E-state index in [4.69, 9.17) is 9.47 Å². The molecule has 1 saturated carbocycles. The molecule has 9 rings (SSSR count). The molecule has 1 aromatic heterocycles. The molecule has 4 aromatic carbocycles. The van der Waals surface area contributed by atoms with E-state index in [-0.39, 0.29) is 19.8 Å². The average molecular weight is 831 g/mol. The number of anilines is 1. The maximum absolute atomic E-state index is 15.5. The summed E-state index contributed by atoms with van der Waals surface area (Å²) >= 11 is 0. The molecule has 4 heterocycles. The van der Waals surface area contributed by atoms with Crippen molar-refractivity contribution in [3.05, 3.63) is 161 Å². The van der Waals surface area contributed by atoms with Crippen LogP contribution in [0.3, 0.4) is 0 Å². The van der Waals surface area contributed by atoms with Crippen LogP contribution >= 0.6 is 0 Å². The molecule has 316 valence electrons. The van der Waals surface area contributed by atoms with Crippen molar-refractivity contribution in [1.29, 1.82) is 0 Å². The Morgan fingerprint density at radius 2 is 1.56 bits per heavy atom. The first kappa shape index (κ1) is 41.1. The quantitative estimate of drug-likeness (QED) is 0.0702. The van der Waals surface area contributed by atoms with Crippen LogP contribution in [-0.4, -0.2) is 69.3 Å². The second kappa shape index (κ2) is 17.6. The highest BCUT2D eigenvalue weighted by atomic mass is 16.6. The van der Waals surface area contributed by atoms with Gasteiger partial charge in [-0.1, -0.05) is 104 Å². The van der Waals surface area contributed by atoms with Gasteiger partial charge in [0.1, 0.15) is 35.5 Å². The van der Waals surface area contributed by atoms with Crippen LogP contribution in [0.2, 0.25) is 0 Å². The molecule has 11 nitrogen and oxygen atoms in total. The number of morpholine rings is 1. The predicted molar refractivity (Wildman–Crippen MR) is 233 cm³/mol. The zero-order valence-corrected chi connectivity index (χ0v) is 34.4. The monoisotopic (exact) mass is 830 g/mol. The predicted octanol–water partition coefficient (Wildman–Crippen LogP) is 6.52. The molecule has 3 aliphatic heterocycles. The van der Waals surface area contributed by atoms with Gasteiger partial charge in [-0.3, -0.25) is 24.3 Å². The Balaban J connectivity index is 1.26. The van der Waals surface area contributed by atoms with Crippen LogP contribution in [0.1, 0.15) is 90.2 Å². The van der Waals surface area contributed by atoms with E-state index in [0.29, 0.717) is 47.4 Å². The van der Waals surface area contributed by atoms with E-state index in [2.05, 4.69) is 27.5 Å². The minimum Gasteiger partial charge on any atom is -0.491 e. The number of amides is 2. The van der Waals surface area contributed by atoms with Crippen molar-refractivity contribution in [2.75, 3.05) is 25.1 Å². The highest BCUT2D eigenvalue weighted by Gasteiger charge is 2.74. The third-order valence-corrected chi connectivity index (χ3v) is 12.9. The van der Waals surface area contributed by atoms with Crippen LogP contribution in [0.4, 0.5) is 5.69 Å². The number of hydrogen-bond donors (Lipinski definition) is 4. The molecule has 6 atom stereocenters. The van der Waals surface area contributed by atoms with Gasteiger partial charge < -0.3 is 30.3 Å². The van der Waals surface area contributed by atoms with E-state index in [9.17, 15) is 10.2 Å². The van der Waals surface area contributed by atoms with E-state index < -0.39 is 58.9 Å². The van der Waals surface area contributed by atoms with Crippen molar-refractivity contribution in [1.82, 2.24) is 15.2 Å². The molecular formula is C51H50N4O7. The van der Waals surface area contributed by atoms with Crippen molar-refractivity contribution >= 4 is 23.5 Å². The molecule has 4 aliphatic rings. The smallest absolute Gasteiger partial charge is 0.324 e. The van der Waals surface area contributed by atoms with Crippen LogP contribution in [0.25, 0.3) is 0 Å². The summed E-state index contributed by atoms with van der Waals surface area (Å²) in [6, 6.07) is 34.9. The van der Waals surface area contributed by atoms with E-state index >= 15 is 14.4 Å². The molecule has 6 unspecified atom stereocenters. The van der Waals surface area contributed by atoms with Crippen molar-refractivity contribution in [2.24, 2.45) is 5.92 Å². The Labute approximate surface area is 361 Å². The summed E-state index contributed by atoms with van der Waals surface area (Å²) in [5.74, 6) is 4.15. The summed E-state index contributed by atoms with van der Waals surface area (Å²) in [4.78, 5) is 52.4. The van der Waals surface area contributed by atoms with E-state index in [1.54, 1.807) is 24.4 Å². The highest BCUT2D eigenvalue weighted by molar-refractivity contribution is 6.12. The third-order valence-electron chi connectivity index (χ3n) is 12.9. The number of ether oxygens (including phenoxy) is 2. The maximum atomic E-state index is 15.5. The van der Waals surface area contributed by atoms with Crippen LogP contribution in [-0.2, 0) is 31.0 Å². The zero-order valence-electron chi connectivity index (χ0n) is 34.4. The van der Waals surface area contributed by atoms with Gasteiger partial charge in [0.05, 0.1) is 24.6 Å². The molecule has 11 heteroatoms. The molecule has 0 bridgehead atoms. The molecule has 5 aromatic rings. The Morgan fingerprint density at radius 3 is 2.26 bits per heavy atom. The fraction of sp³-hybridized carbons (Fsp3) is 0.333. The second-order valence-corrected chi connectivity index (χ2v) is 16.7. The number of fused-ring (bicyclic) bond motifs is 3. The Bertz CT molecular complexity index is 2460. The van der Waals surface area contributed by atoms with Gasteiger partial charge >= 0.3 is 5.97 Å². The number of rotatable bonds is 10. The van der Waals surface area contributed by atoms with Crippen molar-refractivity contribution in [3.8, 4) is 17.6 Å². The Kier molecular flexibility index (Phi) is 11.6. The lowest BCUT2D eigenvalue weighted by atomic mass is 9.65. The number of nitrogens with one attached hydrogen (secondary N) is 2. The molecule has 1 spiro atoms. The van der Waals surface area contributed by atoms with E-state index in [1.807, 2.05) is 108 Å². The van der Waals surface area contributed by atoms with Crippen LogP contribution in [0.5, 0.6) is 5.75 Å². The van der Waals surface area contributed by atoms with Gasteiger partial charge in [0.15, 0.2) is 0 Å². The van der Waals surface area contributed by atoms with Gasteiger partial charge in [-0.05, 0) is 90.4 Å². The third kappa shape index (κ3) is 7.64. The highest BCUT2D eigenvalue weighted by Crippen LogP contribution is 2.64. The first-order chi connectivity index (χ1) is 30.3. The minimum atomic E-state index is -1.70. The van der Waals surface area contributed by atoms with E-state index in [1.165, 1.54) is 0 Å². The summed E-state index contributed by atoms with van der Waals surface area (Å²) in [5, 5.41) is 27.3. The fourth-order valence-corrected chi connectivity index (χ4v) is 10.2. The first-order valence-electron chi connectivity index (χ1n) is 21.6. The van der Waals surface area contributed by atoms with Crippen molar-refractivity contribution in [2.45, 2.75) is 80.2 Å². The molecule has 1 aliphatic carbocycles. The number of aromatic nitrogens is 1. The van der Waals surface area contributed by atoms with Crippen LogP contribution in [0, 0.1) is 17.8 Å². The number of cyclic esters (lactones) is 1. The van der Waals surface area contributed by atoms with Gasteiger partial charge in [0.25, 0.3) is 0 Å². The number of benzene rings is 4. The van der Waals surface area contributed by atoms with Gasteiger partial charge in [-0.2, -0.15) is 0 Å². The van der Waals surface area contributed by atoms with Gasteiger partial charge in [0, 0.05) is 36.1 Å². The number of hydrogen-bond acceptors (Lipinski definition) is 9. The molecule has 62 heavy (non-hydrogen) atoms. The van der Waals surface area contributed by atoms with Crippen LogP contribution in [0.15, 0.2) is 128 Å². The molecule has 4 N–H and O–H groups in total. The first-order valence-corrected chi connectivity index (χ1v) is 21.6. The topological polar surface area (TPSA) is 150 Å². The number of pyridine rings is 1. The van der Waals surface area contributed by atoms with E-state index in [0.717, 1.165) is 42.5 Å². The maximum Gasteiger partial charge on any atom is 0.324 e. The summed E-state index contributed by atoms with van der Waals surface area (Å²) in [7, 11) is 0. The lowest BCUT2D eigenvalue weighted by Gasteiger charge is -2.46. The van der Waals surface area contributed by atoms with Crippen LogP contribution < -0.4 is 15.4 Å². The Morgan fingerprint density at radius 1 is 0.855 bits per heavy atom. The van der Waals surface area contributed by atoms with Gasteiger partial charge in [-0.25, -0.2) is 0 Å². The number of carbonyl (C=O) groups excluding carboxylic acids is 3. The number of carbonyl (C=O) groups is 3. The minimum absolute atomic E-state index is 0.0943. The summed E-state index contributed by atoms with van der Waals surface area (Å²) in [6.07, 6.45) is 6.37. The number of esters is 1. The lowest BCUT2D eigenvalue weighted by Crippen LogP contribution is -2.55. The molecule has 2 saturated heterocycles. The summed E-state index contributed by atoms with van der Waals surface area (Å²) < 4.78 is 12.3. The number of aliphatic hydroxyl groups excluding tert-OH is 1. The second-order valence-electron chi connectivity index (χ2n) is 16.7. The molecule has 3 fully saturated rings. The molecule has 0 radical (unpaired) electrons. The largest absolute Gasteiger partial charge is 0.491 e. The van der Waals surface area contributed by atoms with Gasteiger partial charge in [0.2, 0.25) is 11.8 Å². The average Bonchev–Trinajstić information content (AvgIpc) is 3.67. The standard InChI is InChI=1S/C51H50N4O7/c56-31-32-61-39-21-19-37(20-22-39)46-51(40-33-34(18-23-41(40)54-49(51)59)24-28-50(60)26-10-1-2-11-27-50)42(47(57)53-30-25-38-17-9-12-29-52-38)44-48(58)62-45(36-15-7-4-8-16-36)43(55(44)46)35-13-5-3-6-14-35/h3-9,12-23,29,33,42-46,56,60H,1-2,10-11,25-27,30-32H2,(H,53,57)(H,54,59). The zero-order chi connectivity index (χ0) is 42.7. The summed E-state index contributed by atoms with van der Waals surface area (Å²) in [5.41, 5.74) is 1.85. The molecular weight excluding hydrogens is 781 g/mol. The molecule has 2 amide bonds. The SMILES string of the molecule is O=C1OC(c2ccccc2)C(c2ccccc2)N2C1C(C(=O)NCCc1ccccn1)C1(C(=O)Nc3ccc(C#CC4(O)CCCCCC4)cc31)C2c1ccc(OCCO)cc1. The van der Waals surface area contributed by atoms with Gasteiger partial charge in [-0.15, -0.1) is 0 Å². The fourth-order valence-electron chi connectivity index (χ4n) is 10.2. The summed E-state index contributed by atoms with van der Waals surface area (Å²) in [6.45, 7) is 0.136.